The summed E-state index contributed by atoms with van der Waals surface area (Å²) in [5, 5.41) is 0. The summed E-state index contributed by atoms with van der Waals surface area (Å²) in [6.07, 6.45) is -4.50. The number of halogens is 3. The van der Waals surface area contributed by atoms with Crippen LogP contribution < -0.4 is 0 Å². The van der Waals surface area contributed by atoms with Crippen LogP contribution in [0.3, 0.4) is 0 Å². The topological polar surface area (TPSA) is 30.0 Å². The molecule has 1 heterocycles. The average molecular weight is 279 g/mol. The highest BCUT2D eigenvalue weighted by molar-refractivity contribution is 6.00. The molecule has 0 atom stereocenters. The first kappa shape index (κ1) is 14.2. The lowest BCUT2D eigenvalue weighted by Crippen LogP contribution is -2.08. The summed E-state index contributed by atoms with van der Waals surface area (Å²) in [7, 11) is 0. The van der Waals surface area contributed by atoms with Gasteiger partial charge in [0.1, 0.15) is 5.69 Å². The number of ketones is 1. The molecule has 0 saturated heterocycles. The van der Waals surface area contributed by atoms with Crippen molar-refractivity contribution in [3.63, 3.8) is 0 Å². The third kappa shape index (κ3) is 2.87. The number of Topliss-reactive ketones (excluding diaryl/α,β-unsaturated/α-hetero) is 1. The highest BCUT2D eigenvalue weighted by Gasteiger charge is 2.32. The number of hydrogen-bond acceptors (Lipinski definition) is 2. The number of nitrogens with zero attached hydrogens (tertiary/aromatic N) is 1. The summed E-state index contributed by atoms with van der Waals surface area (Å²) in [6.45, 7) is 3.20. The molecule has 0 unspecified atom stereocenters. The van der Waals surface area contributed by atoms with Crippen LogP contribution in [0.4, 0.5) is 13.2 Å². The standard InChI is InChI=1S/C15H12F3NO/c1-9-6-7-11(12(8-9)10(2)20)13-4-3-5-14(19-13)15(16,17)18/h3-8H,1-2H3. The molecule has 104 valence electrons. The van der Waals surface area contributed by atoms with Crippen LogP contribution >= 0.6 is 0 Å². The fourth-order valence-electron chi connectivity index (χ4n) is 1.92. The monoisotopic (exact) mass is 279 g/mol. The van der Waals surface area contributed by atoms with E-state index in [0.717, 1.165) is 11.6 Å². The number of carbonyl (C=O) groups excluding carboxylic acids is 1. The summed E-state index contributed by atoms with van der Waals surface area (Å²) in [5.41, 5.74) is 0.826. The molecular weight excluding hydrogens is 267 g/mol. The highest BCUT2D eigenvalue weighted by atomic mass is 19.4. The molecule has 0 amide bonds. The molecule has 2 aromatic rings. The van der Waals surface area contributed by atoms with Crippen molar-refractivity contribution in [2.24, 2.45) is 0 Å². The first-order chi connectivity index (χ1) is 9.29. The number of benzene rings is 1. The highest BCUT2D eigenvalue weighted by Crippen LogP contribution is 2.30. The van der Waals surface area contributed by atoms with E-state index in [9.17, 15) is 18.0 Å². The Balaban J connectivity index is 2.60. The molecule has 0 aliphatic carbocycles. The molecule has 20 heavy (non-hydrogen) atoms. The zero-order valence-corrected chi connectivity index (χ0v) is 11.0. The van der Waals surface area contributed by atoms with Crippen molar-refractivity contribution in [1.82, 2.24) is 4.98 Å². The molecule has 5 heteroatoms. The molecule has 0 bridgehead atoms. The van der Waals surface area contributed by atoms with E-state index in [1.165, 1.54) is 19.1 Å². The smallest absolute Gasteiger partial charge is 0.294 e. The number of aryl methyl sites for hydroxylation is 1. The van der Waals surface area contributed by atoms with Gasteiger partial charge in [-0.05, 0) is 32.0 Å². The van der Waals surface area contributed by atoms with Crippen molar-refractivity contribution in [1.29, 1.82) is 0 Å². The minimum Gasteiger partial charge on any atom is -0.294 e. The molecule has 2 nitrogen and oxygen atoms in total. The van der Waals surface area contributed by atoms with E-state index in [1.54, 1.807) is 18.2 Å². The Morgan fingerprint density at radius 1 is 1.15 bits per heavy atom. The van der Waals surface area contributed by atoms with Crippen LogP contribution in [0.2, 0.25) is 0 Å². The van der Waals surface area contributed by atoms with Gasteiger partial charge < -0.3 is 0 Å². The van der Waals surface area contributed by atoms with E-state index < -0.39 is 11.9 Å². The van der Waals surface area contributed by atoms with E-state index in [-0.39, 0.29) is 11.5 Å². The van der Waals surface area contributed by atoms with Gasteiger partial charge in [-0.3, -0.25) is 4.79 Å². The molecule has 0 aliphatic heterocycles. The van der Waals surface area contributed by atoms with Gasteiger partial charge in [0.15, 0.2) is 5.78 Å². The summed E-state index contributed by atoms with van der Waals surface area (Å²) >= 11 is 0. The maximum Gasteiger partial charge on any atom is 0.433 e. The molecule has 0 spiro atoms. The van der Waals surface area contributed by atoms with Crippen LogP contribution in [0.15, 0.2) is 36.4 Å². The zero-order chi connectivity index (χ0) is 14.9. The third-order valence-electron chi connectivity index (χ3n) is 2.87. The van der Waals surface area contributed by atoms with Crippen molar-refractivity contribution in [3.05, 3.63) is 53.2 Å². The van der Waals surface area contributed by atoms with Crippen molar-refractivity contribution >= 4 is 5.78 Å². The van der Waals surface area contributed by atoms with Gasteiger partial charge in [0.25, 0.3) is 0 Å². The minimum absolute atomic E-state index is 0.144. The third-order valence-corrected chi connectivity index (χ3v) is 2.87. The van der Waals surface area contributed by atoms with E-state index in [1.807, 2.05) is 6.92 Å². The van der Waals surface area contributed by atoms with Gasteiger partial charge in [0.05, 0.1) is 5.69 Å². The van der Waals surface area contributed by atoms with Crippen LogP contribution in [0, 0.1) is 6.92 Å². The second-order valence-corrected chi connectivity index (χ2v) is 4.51. The van der Waals surface area contributed by atoms with Crippen molar-refractivity contribution < 1.29 is 18.0 Å². The van der Waals surface area contributed by atoms with E-state index >= 15 is 0 Å². The lowest BCUT2D eigenvalue weighted by atomic mass is 9.98. The molecule has 2 rings (SSSR count). The van der Waals surface area contributed by atoms with E-state index in [0.29, 0.717) is 11.1 Å². The molecule has 0 aliphatic rings. The lowest BCUT2D eigenvalue weighted by molar-refractivity contribution is -0.141. The van der Waals surface area contributed by atoms with Gasteiger partial charge in [-0.25, -0.2) is 4.98 Å². The van der Waals surface area contributed by atoms with Crippen LogP contribution in [0.25, 0.3) is 11.3 Å². The fraction of sp³-hybridized carbons (Fsp3) is 0.200. The van der Waals surface area contributed by atoms with Crippen LogP contribution in [-0.4, -0.2) is 10.8 Å². The minimum atomic E-state index is -4.50. The summed E-state index contributed by atoms with van der Waals surface area (Å²) in [5.74, 6) is -0.206. The zero-order valence-electron chi connectivity index (χ0n) is 11.0. The van der Waals surface area contributed by atoms with Crippen LogP contribution in [-0.2, 0) is 6.18 Å². The molecule has 1 aromatic carbocycles. The maximum absolute atomic E-state index is 12.7. The number of alkyl halides is 3. The van der Waals surface area contributed by atoms with Gasteiger partial charge >= 0.3 is 6.18 Å². The van der Waals surface area contributed by atoms with Gasteiger partial charge in [-0.15, -0.1) is 0 Å². The van der Waals surface area contributed by atoms with Crippen molar-refractivity contribution in [3.8, 4) is 11.3 Å². The molecular formula is C15H12F3NO. The quantitative estimate of drug-likeness (QED) is 0.768. The predicted molar refractivity (Wildman–Crippen MR) is 69.4 cm³/mol. The molecule has 0 fully saturated rings. The molecule has 0 N–H and O–H groups in total. The predicted octanol–water partition coefficient (Wildman–Crippen LogP) is 4.28. The van der Waals surface area contributed by atoms with Gasteiger partial charge in [-0.2, -0.15) is 13.2 Å². The first-order valence-corrected chi connectivity index (χ1v) is 5.95. The lowest BCUT2D eigenvalue weighted by Gasteiger charge is -2.10. The van der Waals surface area contributed by atoms with Gasteiger partial charge in [-0.1, -0.05) is 23.8 Å². The molecule has 0 radical (unpaired) electrons. The Bertz CT molecular complexity index is 662. The average Bonchev–Trinajstić information content (AvgIpc) is 2.37. The second-order valence-electron chi connectivity index (χ2n) is 4.51. The Kier molecular flexibility index (Phi) is 3.61. The second kappa shape index (κ2) is 5.07. The Morgan fingerprint density at radius 2 is 1.85 bits per heavy atom. The number of rotatable bonds is 2. The van der Waals surface area contributed by atoms with Gasteiger partial charge in [0, 0.05) is 11.1 Å². The van der Waals surface area contributed by atoms with Crippen LogP contribution in [0.1, 0.15) is 28.5 Å². The Labute approximate surface area is 114 Å². The number of pyridine rings is 1. The number of hydrogen-bond donors (Lipinski definition) is 0. The first-order valence-electron chi connectivity index (χ1n) is 5.95. The van der Waals surface area contributed by atoms with Crippen molar-refractivity contribution in [2.45, 2.75) is 20.0 Å². The summed E-state index contributed by atoms with van der Waals surface area (Å²) in [6, 6.07) is 8.67. The summed E-state index contributed by atoms with van der Waals surface area (Å²) < 4.78 is 38.0. The van der Waals surface area contributed by atoms with E-state index in [2.05, 4.69) is 4.98 Å². The Morgan fingerprint density at radius 3 is 2.45 bits per heavy atom. The Hall–Kier alpha value is -2.17. The molecule has 0 saturated carbocycles. The largest absolute Gasteiger partial charge is 0.433 e. The fourth-order valence-corrected chi connectivity index (χ4v) is 1.92. The normalized spacial score (nSPS) is 11.4. The maximum atomic E-state index is 12.7. The van der Waals surface area contributed by atoms with E-state index in [4.69, 9.17) is 0 Å². The number of carbonyl (C=O) groups is 1. The van der Waals surface area contributed by atoms with Crippen LogP contribution in [0.5, 0.6) is 0 Å². The van der Waals surface area contributed by atoms with Crippen molar-refractivity contribution in [2.75, 3.05) is 0 Å². The molecule has 1 aromatic heterocycles. The summed E-state index contributed by atoms with van der Waals surface area (Å²) in [4.78, 5) is 15.2. The number of aromatic nitrogens is 1. The van der Waals surface area contributed by atoms with Gasteiger partial charge in [0.2, 0.25) is 0 Å². The SMILES string of the molecule is CC(=O)c1cc(C)ccc1-c1cccc(C(F)(F)F)n1.